The second-order valence-corrected chi connectivity index (χ2v) is 7.89. The van der Waals surface area contributed by atoms with Gasteiger partial charge in [-0.1, -0.05) is 39.0 Å². The van der Waals surface area contributed by atoms with Gasteiger partial charge >= 0.3 is 5.97 Å². The zero-order valence-electron chi connectivity index (χ0n) is 17.9. The molecule has 0 spiro atoms. The summed E-state index contributed by atoms with van der Waals surface area (Å²) in [6.45, 7) is 9.46. The van der Waals surface area contributed by atoms with Gasteiger partial charge in [-0.15, -0.1) is 0 Å². The lowest BCUT2D eigenvalue weighted by atomic mass is 9.87. The van der Waals surface area contributed by atoms with Crippen molar-refractivity contribution in [3.8, 4) is 11.5 Å². The smallest absolute Gasteiger partial charge is 0.347 e. The number of amides is 1. The molecule has 2 rings (SSSR count). The molecule has 0 saturated carbocycles. The van der Waals surface area contributed by atoms with E-state index in [0.717, 1.165) is 5.56 Å². The normalized spacial score (nSPS) is 12.1. The molecular weight excluding hydrogens is 370 g/mol. The number of nitrogens with one attached hydrogen (secondary N) is 1. The molecule has 0 aliphatic rings. The van der Waals surface area contributed by atoms with E-state index in [4.69, 9.17) is 14.2 Å². The lowest BCUT2D eigenvalue weighted by molar-refractivity contribution is -0.153. The summed E-state index contributed by atoms with van der Waals surface area (Å²) in [5.74, 6) is 0.0299. The van der Waals surface area contributed by atoms with Gasteiger partial charge in [0, 0.05) is 0 Å². The van der Waals surface area contributed by atoms with Crippen LogP contribution in [0.3, 0.4) is 0 Å². The first kappa shape index (κ1) is 22.3. The molecule has 1 atom stereocenters. The third kappa shape index (κ3) is 6.52. The number of rotatable bonds is 7. The maximum Gasteiger partial charge on any atom is 0.347 e. The van der Waals surface area contributed by atoms with Crippen molar-refractivity contribution in [2.45, 2.75) is 46.1 Å². The second kappa shape index (κ2) is 9.45. The number of carbonyl (C=O) groups excluding carboxylic acids is 2. The average molecular weight is 399 g/mol. The number of anilines is 1. The number of aryl methyl sites for hydroxylation is 1. The summed E-state index contributed by atoms with van der Waals surface area (Å²) in [5, 5.41) is 2.68. The molecule has 0 unspecified atom stereocenters. The van der Waals surface area contributed by atoms with Gasteiger partial charge < -0.3 is 19.5 Å². The Morgan fingerprint density at radius 3 is 2.31 bits per heavy atom. The molecule has 156 valence electrons. The van der Waals surface area contributed by atoms with E-state index in [-0.39, 0.29) is 5.41 Å². The Morgan fingerprint density at radius 2 is 1.72 bits per heavy atom. The molecule has 0 aliphatic carbocycles. The number of hydrogen-bond acceptors (Lipinski definition) is 5. The van der Waals surface area contributed by atoms with Crippen molar-refractivity contribution in [3.63, 3.8) is 0 Å². The zero-order valence-corrected chi connectivity index (χ0v) is 17.9. The van der Waals surface area contributed by atoms with Crippen molar-refractivity contribution < 1.29 is 23.8 Å². The first-order valence-corrected chi connectivity index (χ1v) is 9.48. The Balaban J connectivity index is 1.87. The number of hydrogen-bond donors (Lipinski definition) is 1. The molecule has 6 heteroatoms. The quantitative estimate of drug-likeness (QED) is 0.705. The van der Waals surface area contributed by atoms with Crippen LogP contribution in [-0.2, 0) is 19.7 Å². The van der Waals surface area contributed by atoms with Gasteiger partial charge in [0.2, 0.25) is 0 Å². The predicted octanol–water partition coefficient (Wildman–Crippen LogP) is 4.25. The molecule has 0 aliphatic heterocycles. The van der Waals surface area contributed by atoms with E-state index in [1.807, 2.05) is 37.3 Å². The van der Waals surface area contributed by atoms with Crippen molar-refractivity contribution in [2.24, 2.45) is 0 Å². The van der Waals surface area contributed by atoms with Crippen LogP contribution in [0.2, 0.25) is 0 Å². The van der Waals surface area contributed by atoms with Crippen LogP contribution in [0.25, 0.3) is 0 Å². The van der Waals surface area contributed by atoms with E-state index < -0.39 is 24.6 Å². The van der Waals surface area contributed by atoms with Gasteiger partial charge in [0.1, 0.15) is 11.5 Å². The number of benzene rings is 2. The molecule has 2 aromatic rings. The molecule has 2 aromatic carbocycles. The summed E-state index contributed by atoms with van der Waals surface area (Å²) in [5.41, 5.74) is 2.70. The third-order valence-electron chi connectivity index (χ3n) is 4.34. The summed E-state index contributed by atoms with van der Waals surface area (Å²) < 4.78 is 15.9. The SMILES string of the molecule is COc1ccc(C)cc1NC(=O)COC(=O)[C@@H](C)Oc1ccc(C(C)(C)C)cc1. The topological polar surface area (TPSA) is 73.9 Å². The fourth-order valence-electron chi connectivity index (χ4n) is 2.65. The molecule has 6 nitrogen and oxygen atoms in total. The van der Waals surface area contributed by atoms with Crippen LogP contribution >= 0.6 is 0 Å². The molecule has 0 heterocycles. The number of methoxy groups -OCH3 is 1. The Morgan fingerprint density at radius 1 is 1.07 bits per heavy atom. The molecule has 0 fully saturated rings. The molecule has 1 amide bonds. The van der Waals surface area contributed by atoms with Gasteiger partial charge in [-0.25, -0.2) is 4.79 Å². The summed E-state index contributed by atoms with van der Waals surface area (Å²) in [4.78, 5) is 24.3. The number of ether oxygens (including phenoxy) is 3. The van der Waals surface area contributed by atoms with E-state index >= 15 is 0 Å². The fourth-order valence-corrected chi connectivity index (χ4v) is 2.65. The monoisotopic (exact) mass is 399 g/mol. The molecule has 29 heavy (non-hydrogen) atoms. The van der Waals surface area contributed by atoms with Crippen LogP contribution in [0.4, 0.5) is 5.69 Å². The second-order valence-electron chi connectivity index (χ2n) is 7.89. The van der Waals surface area contributed by atoms with E-state index in [2.05, 4.69) is 26.1 Å². The maximum atomic E-state index is 12.2. The summed E-state index contributed by atoms with van der Waals surface area (Å²) >= 11 is 0. The first-order chi connectivity index (χ1) is 13.6. The van der Waals surface area contributed by atoms with Gasteiger partial charge in [-0.2, -0.15) is 0 Å². The minimum atomic E-state index is -0.836. The third-order valence-corrected chi connectivity index (χ3v) is 4.34. The molecule has 0 aromatic heterocycles. The lowest BCUT2D eigenvalue weighted by Gasteiger charge is -2.20. The summed E-state index contributed by atoms with van der Waals surface area (Å²) in [7, 11) is 1.52. The Labute approximate surface area is 172 Å². The van der Waals surface area contributed by atoms with Crippen molar-refractivity contribution in [2.75, 3.05) is 19.0 Å². The van der Waals surface area contributed by atoms with Crippen LogP contribution in [-0.4, -0.2) is 31.7 Å². The minimum absolute atomic E-state index is 0.0381. The van der Waals surface area contributed by atoms with Crippen LogP contribution in [0.5, 0.6) is 11.5 Å². The standard InChI is InChI=1S/C23H29NO5/c1-15-7-12-20(27-6)19(13-15)24-21(25)14-28-22(26)16(2)29-18-10-8-17(9-11-18)23(3,4)5/h7-13,16H,14H2,1-6H3,(H,24,25)/t16-/m1/s1. The highest BCUT2D eigenvalue weighted by molar-refractivity contribution is 5.94. The largest absolute Gasteiger partial charge is 0.495 e. The molecule has 0 radical (unpaired) electrons. The molecule has 0 bridgehead atoms. The van der Waals surface area contributed by atoms with Crippen LogP contribution in [0, 0.1) is 6.92 Å². The summed E-state index contributed by atoms with van der Waals surface area (Å²) in [6.07, 6.45) is -0.836. The van der Waals surface area contributed by atoms with Gasteiger partial charge in [0.15, 0.2) is 12.7 Å². The van der Waals surface area contributed by atoms with Gasteiger partial charge in [-0.05, 0) is 54.7 Å². The highest BCUT2D eigenvalue weighted by Crippen LogP contribution is 2.26. The van der Waals surface area contributed by atoms with E-state index in [9.17, 15) is 9.59 Å². The van der Waals surface area contributed by atoms with E-state index in [1.165, 1.54) is 12.7 Å². The number of carbonyl (C=O) groups is 2. The highest BCUT2D eigenvalue weighted by atomic mass is 16.6. The zero-order chi connectivity index (χ0) is 21.6. The first-order valence-electron chi connectivity index (χ1n) is 9.48. The number of esters is 1. The molecule has 0 saturated heterocycles. The van der Waals surface area contributed by atoms with Crippen LogP contribution in [0.1, 0.15) is 38.8 Å². The Hall–Kier alpha value is -3.02. The van der Waals surface area contributed by atoms with Gasteiger partial charge in [0.25, 0.3) is 5.91 Å². The van der Waals surface area contributed by atoms with Gasteiger partial charge in [-0.3, -0.25) is 4.79 Å². The van der Waals surface area contributed by atoms with E-state index in [0.29, 0.717) is 17.2 Å². The maximum absolute atomic E-state index is 12.2. The van der Waals surface area contributed by atoms with Crippen molar-refractivity contribution in [3.05, 3.63) is 53.6 Å². The minimum Gasteiger partial charge on any atom is -0.495 e. The predicted molar refractivity (Wildman–Crippen MR) is 113 cm³/mol. The highest BCUT2D eigenvalue weighted by Gasteiger charge is 2.19. The summed E-state index contributed by atoms with van der Waals surface area (Å²) in [6, 6.07) is 13.0. The fraction of sp³-hybridized carbons (Fsp3) is 0.391. The van der Waals surface area contributed by atoms with Crippen molar-refractivity contribution in [1.82, 2.24) is 0 Å². The Kier molecular flexibility index (Phi) is 7.26. The lowest BCUT2D eigenvalue weighted by Crippen LogP contribution is -2.29. The molecular formula is C23H29NO5. The van der Waals surface area contributed by atoms with E-state index in [1.54, 1.807) is 19.1 Å². The van der Waals surface area contributed by atoms with Crippen molar-refractivity contribution >= 4 is 17.6 Å². The van der Waals surface area contributed by atoms with Gasteiger partial charge in [0.05, 0.1) is 12.8 Å². The Bertz CT molecular complexity index is 853. The van der Waals surface area contributed by atoms with Crippen LogP contribution < -0.4 is 14.8 Å². The van der Waals surface area contributed by atoms with Crippen LogP contribution in [0.15, 0.2) is 42.5 Å². The average Bonchev–Trinajstić information content (AvgIpc) is 2.66. The van der Waals surface area contributed by atoms with Crippen molar-refractivity contribution in [1.29, 1.82) is 0 Å². The molecule has 1 N–H and O–H groups in total.